The van der Waals surface area contributed by atoms with Gasteiger partial charge in [0.2, 0.25) is 5.82 Å². The summed E-state index contributed by atoms with van der Waals surface area (Å²) < 4.78 is 44.0. The molecule has 0 aliphatic rings. The van der Waals surface area contributed by atoms with Crippen LogP contribution in [0.2, 0.25) is 0 Å². The highest BCUT2D eigenvalue weighted by Crippen LogP contribution is 2.32. The predicted octanol–water partition coefficient (Wildman–Crippen LogP) is 5.79. The molecule has 30 heavy (non-hydrogen) atoms. The zero-order valence-electron chi connectivity index (χ0n) is 15.2. The van der Waals surface area contributed by atoms with Gasteiger partial charge in [0, 0.05) is 11.1 Å². The van der Waals surface area contributed by atoms with Crippen molar-refractivity contribution in [3.63, 3.8) is 0 Å². The molecule has 0 aliphatic heterocycles. The van der Waals surface area contributed by atoms with Gasteiger partial charge in [-0.05, 0) is 41.5 Å². The Labute approximate surface area is 168 Å². The van der Waals surface area contributed by atoms with E-state index in [1.54, 1.807) is 42.5 Å². The van der Waals surface area contributed by atoms with Crippen LogP contribution < -0.4 is 0 Å². The van der Waals surface area contributed by atoms with Crippen LogP contribution in [0.3, 0.4) is 0 Å². The summed E-state index contributed by atoms with van der Waals surface area (Å²) in [6.45, 7) is 0. The molecule has 3 aromatic carbocycles. The molecule has 1 heterocycles. The average Bonchev–Trinajstić information content (AvgIpc) is 3.24. The van der Waals surface area contributed by atoms with E-state index < -0.39 is 17.7 Å². The highest BCUT2D eigenvalue weighted by molar-refractivity contribution is 5.89. The van der Waals surface area contributed by atoms with E-state index in [0.717, 1.165) is 12.1 Å². The van der Waals surface area contributed by atoms with E-state index in [0.29, 0.717) is 22.3 Å². The molecule has 0 atom stereocenters. The van der Waals surface area contributed by atoms with Gasteiger partial charge < -0.3 is 9.63 Å². The van der Waals surface area contributed by atoms with Crippen LogP contribution in [0.25, 0.3) is 34.0 Å². The van der Waals surface area contributed by atoms with Crippen LogP contribution >= 0.6 is 0 Å². The SMILES string of the molecule is O=C(O)c1cccc(-c2nc(-c3ccc(-c4cccc(C(F)(F)F)c4)cc3)no2)c1. The van der Waals surface area contributed by atoms with Gasteiger partial charge in [-0.2, -0.15) is 18.2 Å². The maximum absolute atomic E-state index is 12.9. The number of rotatable bonds is 4. The first-order valence-electron chi connectivity index (χ1n) is 8.77. The monoisotopic (exact) mass is 410 g/mol. The van der Waals surface area contributed by atoms with Crippen molar-refractivity contribution >= 4 is 5.97 Å². The molecule has 0 fully saturated rings. The molecule has 0 spiro atoms. The number of hydrogen-bond acceptors (Lipinski definition) is 4. The van der Waals surface area contributed by atoms with Crippen LogP contribution in [0.5, 0.6) is 0 Å². The third-order valence-corrected chi connectivity index (χ3v) is 4.45. The second-order valence-corrected chi connectivity index (χ2v) is 6.47. The van der Waals surface area contributed by atoms with Gasteiger partial charge in [0.15, 0.2) is 0 Å². The van der Waals surface area contributed by atoms with Crippen molar-refractivity contribution in [2.75, 3.05) is 0 Å². The fraction of sp³-hybridized carbons (Fsp3) is 0.0455. The highest BCUT2D eigenvalue weighted by Gasteiger charge is 2.30. The normalized spacial score (nSPS) is 11.4. The minimum absolute atomic E-state index is 0.0951. The third kappa shape index (κ3) is 3.93. The molecule has 0 saturated heterocycles. The third-order valence-electron chi connectivity index (χ3n) is 4.45. The summed E-state index contributed by atoms with van der Waals surface area (Å²) in [6.07, 6.45) is -4.41. The van der Waals surface area contributed by atoms with Crippen LogP contribution in [0.1, 0.15) is 15.9 Å². The molecule has 4 rings (SSSR count). The maximum Gasteiger partial charge on any atom is 0.416 e. The Balaban J connectivity index is 1.60. The number of aromatic nitrogens is 2. The van der Waals surface area contributed by atoms with Gasteiger partial charge in [-0.3, -0.25) is 0 Å². The first kappa shape index (κ1) is 19.4. The first-order valence-corrected chi connectivity index (χ1v) is 8.77. The number of halogens is 3. The lowest BCUT2D eigenvalue weighted by Crippen LogP contribution is -2.04. The quantitative estimate of drug-likeness (QED) is 0.461. The lowest BCUT2D eigenvalue weighted by Gasteiger charge is -2.09. The molecule has 0 aliphatic carbocycles. The van der Waals surface area contributed by atoms with Gasteiger partial charge in [-0.25, -0.2) is 4.79 Å². The van der Waals surface area contributed by atoms with Gasteiger partial charge in [-0.15, -0.1) is 0 Å². The summed E-state index contributed by atoms with van der Waals surface area (Å²) in [5.74, 6) is -0.627. The summed E-state index contributed by atoms with van der Waals surface area (Å²) in [6, 6.07) is 17.9. The van der Waals surface area contributed by atoms with Crippen molar-refractivity contribution in [1.29, 1.82) is 0 Å². The molecular formula is C22H13F3N2O3. The number of nitrogens with zero attached hydrogens (tertiary/aromatic N) is 2. The molecule has 150 valence electrons. The topological polar surface area (TPSA) is 76.2 Å². The Morgan fingerprint density at radius 1 is 0.833 bits per heavy atom. The van der Waals surface area contributed by atoms with Crippen LogP contribution in [0, 0.1) is 0 Å². The fourth-order valence-corrected chi connectivity index (χ4v) is 2.93. The van der Waals surface area contributed by atoms with Crippen molar-refractivity contribution in [1.82, 2.24) is 10.1 Å². The van der Waals surface area contributed by atoms with E-state index >= 15 is 0 Å². The maximum atomic E-state index is 12.9. The highest BCUT2D eigenvalue weighted by atomic mass is 19.4. The Bertz CT molecular complexity index is 1210. The number of carboxylic acids is 1. The zero-order chi connectivity index (χ0) is 21.3. The largest absolute Gasteiger partial charge is 0.478 e. The molecule has 1 N–H and O–H groups in total. The lowest BCUT2D eigenvalue weighted by atomic mass is 10.0. The second-order valence-electron chi connectivity index (χ2n) is 6.47. The molecule has 5 nitrogen and oxygen atoms in total. The van der Waals surface area contributed by atoms with E-state index in [1.807, 2.05) is 0 Å². The van der Waals surface area contributed by atoms with Gasteiger partial charge in [0.25, 0.3) is 5.89 Å². The zero-order valence-corrected chi connectivity index (χ0v) is 15.2. The second kappa shape index (κ2) is 7.47. The van der Waals surface area contributed by atoms with E-state index in [4.69, 9.17) is 9.63 Å². The van der Waals surface area contributed by atoms with E-state index in [1.165, 1.54) is 18.2 Å². The fourth-order valence-electron chi connectivity index (χ4n) is 2.93. The van der Waals surface area contributed by atoms with Crippen LogP contribution in [0.15, 0.2) is 77.3 Å². The Hall–Kier alpha value is -3.94. The van der Waals surface area contributed by atoms with Crippen molar-refractivity contribution in [2.24, 2.45) is 0 Å². The molecule has 0 bridgehead atoms. The molecule has 0 radical (unpaired) electrons. The smallest absolute Gasteiger partial charge is 0.416 e. The molecule has 1 aromatic heterocycles. The molecule has 8 heteroatoms. The number of aromatic carboxylic acids is 1. The lowest BCUT2D eigenvalue weighted by molar-refractivity contribution is -0.137. The van der Waals surface area contributed by atoms with Gasteiger partial charge >= 0.3 is 12.1 Å². The molecular weight excluding hydrogens is 397 g/mol. The molecule has 4 aromatic rings. The number of alkyl halides is 3. The van der Waals surface area contributed by atoms with Crippen molar-refractivity contribution in [2.45, 2.75) is 6.18 Å². The van der Waals surface area contributed by atoms with Crippen LogP contribution in [-0.4, -0.2) is 21.2 Å². The minimum atomic E-state index is -4.41. The van der Waals surface area contributed by atoms with Crippen LogP contribution in [-0.2, 0) is 6.18 Å². The van der Waals surface area contributed by atoms with E-state index in [9.17, 15) is 18.0 Å². The number of benzene rings is 3. The Kier molecular flexibility index (Phi) is 4.83. The van der Waals surface area contributed by atoms with Crippen molar-refractivity contribution < 1.29 is 27.6 Å². The molecule has 0 amide bonds. The van der Waals surface area contributed by atoms with E-state index in [2.05, 4.69) is 10.1 Å². The molecule has 0 unspecified atom stereocenters. The summed E-state index contributed by atoms with van der Waals surface area (Å²) in [4.78, 5) is 15.4. The number of hydrogen-bond donors (Lipinski definition) is 1. The summed E-state index contributed by atoms with van der Waals surface area (Å²) >= 11 is 0. The van der Waals surface area contributed by atoms with Gasteiger partial charge in [0.1, 0.15) is 0 Å². The molecule has 0 saturated carbocycles. The van der Waals surface area contributed by atoms with Crippen molar-refractivity contribution in [3.8, 4) is 34.0 Å². The standard InChI is InChI=1S/C22H13F3N2O3/c23-22(24,25)18-6-2-3-15(12-18)13-7-9-14(10-8-13)19-26-20(30-27-19)16-4-1-5-17(11-16)21(28)29/h1-12H,(H,28,29). The van der Waals surface area contributed by atoms with Crippen molar-refractivity contribution in [3.05, 3.63) is 83.9 Å². The summed E-state index contributed by atoms with van der Waals surface area (Å²) in [5, 5.41) is 13.0. The van der Waals surface area contributed by atoms with E-state index in [-0.39, 0.29) is 17.3 Å². The van der Waals surface area contributed by atoms with Crippen LogP contribution in [0.4, 0.5) is 13.2 Å². The van der Waals surface area contributed by atoms with Gasteiger partial charge in [0.05, 0.1) is 11.1 Å². The average molecular weight is 410 g/mol. The summed E-state index contributed by atoms with van der Waals surface area (Å²) in [7, 11) is 0. The number of carboxylic acid groups (broad SMARTS) is 1. The first-order chi connectivity index (χ1) is 14.3. The van der Waals surface area contributed by atoms with Gasteiger partial charge in [-0.1, -0.05) is 47.6 Å². The minimum Gasteiger partial charge on any atom is -0.478 e. The number of carbonyl (C=O) groups is 1. The summed E-state index contributed by atoms with van der Waals surface area (Å²) in [5.41, 5.74) is 1.51. The Morgan fingerprint density at radius 3 is 2.20 bits per heavy atom. The predicted molar refractivity (Wildman–Crippen MR) is 103 cm³/mol. The Morgan fingerprint density at radius 2 is 1.50 bits per heavy atom.